The predicted molar refractivity (Wildman–Crippen MR) is 113 cm³/mol. The number of nitrogens with zero attached hydrogens (tertiary/aromatic N) is 2. The van der Waals surface area contributed by atoms with E-state index < -0.39 is 17.3 Å². The molecule has 8 heteroatoms. The van der Waals surface area contributed by atoms with Gasteiger partial charge in [0.15, 0.2) is 0 Å². The molecule has 0 aliphatic carbocycles. The average Bonchev–Trinajstić information content (AvgIpc) is 3.23. The zero-order valence-corrected chi connectivity index (χ0v) is 18.0. The Morgan fingerprint density at radius 2 is 1.81 bits per heavy atom. The van der Waals surface area contributed by atoms with Gasteiger partial charge in [0.05, 0.1) is 11.2 Å². The van der Waals surface area contributed by atoms with Crippen LogP contribution >= 0.6 is 0 Å². The highest BCUT2D eigenvalue weighted by Gasteiger charge is 2.38. The van der Waals surface area contributed by atoms with Gasteiger partial charge in [-0.05, 0) is 48.4 Å². The summed E-state index contributed by atoms with van der Waals surface area (Å²) in [6, 6.07) is 11.5. The van der Waals surface area contributed by atoms with Gasteiger partial charge >= 0.3 is 6.18 Å². The second kappa shape index (κ2) is 8.96. The Hall–Kier alpha value is -2.84. The molecule has 0 spiro atoms. The number of hydrogen-bond donors (Lipinski definition) is 0. The summed E-state index contributed by atoms with van der Waals surface area (Å²) in [5.74, 6) is 1.03. The molecule has 0 amide bonds. The molecule has 32 heavy (non-hydrogen) atoms. The summed E-state index contributed by atoms with van der Waals surface area (Å²) in [4.78, 5) is 4.21. The summed E-state index contributed by atoms with van der Waals surface area (Å²) >= 11 is 0. The van der Waals surface area contributed by atoms with Crippen molar-refractivity contribution < 1.29 is 27.4 Å². The van der Waals surface area contributed by atoms with Gasteiger partial charge in [-0.1, -0.05) is 12.1 Å². The molecule has 2 aromatic carbocycles. The fraction of sp³-hybridized carbons (Fsp3) is 0.375. The molecule has 1 aliphatic heterocycles. The molecule has 3 aromatic rings. The molecule has 5 nitrogen and oxygen atoms in total. The third kappa shape index (κ3) is 4.66. The van der Waals surface area contributed by atoms with Gasteiger partial charge in [0, 0.05) is 51.2 Å². The van der Waals surface area contributed by atoms with Crippen molar-refractivity contribution in [3.63, 3.8) is 0 Å². The lowest BCUT2D eigenvalue weighted by Gasteiger charge is -2.36. The van der Waals surface area contributed by atoms with Gasteiger partial charge in [-0.15, -0.1) is 0 Å². The second-order valence-electron chi connectivity index (χ2n) is 7.85. The van der Waals surface area contributed by atoms with E-state index in [1.165, 1.54) is 7.11 Å². The van der Waals surface area contributed by atoms with E-state index >= 15 is 0 Å². The number of aryl methyl sites for hydroxylation is 1. The fourth-order valence-electron chi connectivity index (χ4n) is 3.99. The molecule has 0 radical (unpaired) electrons. The van der Waals surface area contributed by atoms with Crippen LogP contribution in [0.5, 0.6) is 5.75 Å². The van der Waals surface area contributed by atoms with Crippen LogP contribution in [0.3, 0.4) is 0 Å². The Kier molecular flexibility index (Phi) is 6.26. The Morgan fingerprint density at radius 3 is 2.41 bits per heavy atom. The molecule has 170 valence electrons. The molecule has 1 aromatic heterocycles. The van der Waals surface area contributed by atoms with Crippen LogP contribution in [0, 0.1) is 6.92 Å². The van der Waals surface area contributed by atoms with Crippen LogP contribution in [0.1, 0.15) is 35.4 Å². The molecule has 0 saturated carbocycles. The molecular formula is C24H25F3N2O3. The van der Waals surface area contributed by atoms with E-state index in [9.17, 15) is 13.2 Å². The van der Waals surface area contributed by atoms with Crippen LogP contribution in [0.4, 0.5) is 13.2 Å². The highest BCUT2D eigenvalue weighted by Crippen LogP contribution is 2.41. The highest BCUT2D eigenvalue weighted by atomic mass is 19.4. The molecule has 1 saturated heterocycles. The van der Waals surface area contributed by atoms with E-state index in [1.54, 1.807) is 12.3 Å². The van der Waals surface area contributed by atoms with Crippen molar-refractivity contribution in [2.75, 3.05) is 20.3 Å². The number of imidazole rings is 1. The lowest BCUT2D eigenvalue weighted by Crippen LogP contribution is -2.35. The van der Waals surface area contributed by atoms with Gasteiger partial charge < -0.3 is 18.8 Å². The minimum absolute atomic E-state index is 0.146. The topological polar surface area (TPSA) is 45.5 Å². The van der Waals surface area contributed by atoms with Gasteiger partial charge in [0.1, 0.15) is 18.2 Å². The number of alkyl halides is 3. The lowest BCUT2D eigenvalue weighted by atomic mass is 9.85. The number of methoxy groups -OCH3 is 1. The molecule has 0 bridgehead atoms. The first kappa shape index (κ1) is 22.4. The van der Waals surface area contributed by atoms with E-state index in [2.05, 4.69) is 4.98 Å². The summed E-state index contributed by atoms with van der Waals surface area (Å²) in [7, 11) is 1.52. The second-order valence-corrected chi connectivity index (χ2v) is 7.85. The minimum atomic E-state index is -4.49. The normalized spacial score (nSPS) is 16.2. The van der Waals surface area contributed by atoms with Crippen molar-refractivity contribution in [1.82, 2.24) is 9.55 Å². The molecule has 2 heterocycles. The molecule has 1 fully saturated rings. The van der Waals surface area contributed by atoms with Crippen LogP contribution in [-0.4, -0.2) is 29.9 Å². The number of aromatic nitrogens is 2. The summed E-state index contributed by atoms with van der Waals surface area (Å²) in [5.41, 5.74) is 0.685. The summed E-state index contributed by atoms with van der Waals surface area (Å²) in [6.45, 7) is 2.92. The fourth-order valence-corrected chi connectivity index (χ4v) is 3.99. The van der Waals surface area contributed by atoms with Crippen molar-refractivity contribution >= 4 is 0 Å². The number of benzene rings is 2. The van der Waals surface area contributed by atoms with E-state index in [-0.39, 0.29) is 12.4 Å². The maximum atomic E-state index is 13.6. The van der Waals surface area contributed by atoms with Gasteiger partial charge in [-0.25, -0.2) is 4.98 Å². The van der Waals surface area contributed by atoms with Crippen LogP contribution < -0.4 is 4.74 Å². The third-order valence-electron chi connectivity index (χ3n) is 5.90. The predicted octanol–water partition coefficient (Wildman–Crippen LogP) is 5.43. The zero-order chi connectivity index (χ0) is 22.8. The van der Waals surface area contributed by atoms with Gasteiger partial charge in [-0.3, -0.25) is 0 Å². The number of rotatable bonds is 6. The summed E-state index contributed by atoms with van der Waals surface area (Å²) in [5, 5.41) is 0. The van der Waals surface area contributed by atoms with Crippen molar-refractivity contribution in [3.8, 4) is 11.4 Å². The molecule has 0 unspecified atom stereocenters. The van der Waals surface area contributed by atoms with E-state index in [0.29, 0.717) is 31.6 Å². The number of hydrogen-bond acceptors (Lipinski definition) is 4. The first-order valence-corrected chi connectivity index (χ1v) is 10.4. The first-order chi connectivity index (χ1) is 15.3. The number of ether oxygens (including phenoxy) is 3. The van der Waals surface area contributed by atoms with Crippen molar-refractivity contribution in [1.29, 1.82) is 0 Å². The molecule has 1 aliphatic rings. The molecule has 4 rings (SSSR count). The van der Waals surface area contributed by atoms with Gasteiger partial charge in [0.2, 0.25) is 0 Å². The van der Waals surface area contributed by atoms with E-state index in [4.69, 9.17) is 14.2 Å². The Labute approximate surface area is 184 Å². The lowest BCUT2D eigenvalue weighted by molar-refractivity contribution is -0.138. The zero-order valence-electron chi connectivity index (χ0n) is 18.0. The Bertz CT molecular complexity index is 1060. The molecule has 0 atom stereocenters. The minimum Gasteiger partial charge on any atom is -0.489 e. The van der Waals surface area contributed by atoms with Crippen LogP contribution in [-0.2, 0) is 27.9 Å². The van der Waals surface area contributed by atoms with Crippen molar-refractivity contribution in [3.05, 3.63) is 77.4 Å². The monoisotopic (exact) mass is 446 g/mol. The largest absolute Gasteiger partial charge is 0.489 e. The Morgan fingerprint density at radius 1 is 1.09 bits per heavy atom. The van der Waals surface area contributed by atoms with Crippen molar-refractivity contribution in [2.45, 2.75) is 38.1 Å². The average molecular weight is 446 g/mol. The Balaban J connectivity index is 1.57. The maximum absolute atomic E-state index is 13.6. The van der Waals surface area contributed by atoms with Crippen LogP contribution in [0.2, 0.25) is 0 Å². The van der Waals surface area contributed by atoms with E-state index in [0.717, 1.165) is 29.2 Å². The molecular weight excluding hydrogens is 421 g/mol. The molecule has 0 N–H and O–H groups in total. The summed E-state index contributed by atoms with van der Waals surface area (Å²) in [6.07, 6.45) is 0.0764. The number of halogens is 3. The third-order valence-corrected chi connectivity index (χ3v) is 5.90. The smallest absolute Gasteiger partial charge is 0.416 e. The summed E-state index contributed by atoms with van der Waals surface area (Å²) < 4.78 is 59.6. The van der Waals surface area contributed by atoms with E-state index in [1.807, 2.05) is 42.0 Å². The van der Waals surface area contributed by atoms with Crippen LogP contribution in [0.25, 0.3) is 5.69 Å². The standard InChI is InChI=1S/C24H25F3N2O3/c1-17-28-9-10-29(17)21-5-3-18(4-6-21)16-32-22-14-19(13-20(15-22)24(25,26)27)23(30-2)7-11-31-12-8-23/h3-6,9-10,13-15H,7-8,11-12,16H2,1-2H3. The maximum Gasteiger partial charge on any atom is 0.416 e. The highest BCUT2D eigenvalue weighted by molar-refractivity contribution is 5.40. The SMILES string of the molecule is COC1(c2cc(OCc3ccc(-n4ccnc4C)cc3)cc(C(F)(F)F)c2)CCOCC1. The van der Waals surface area contributed by atoms with Gasteiger partial charge in [0.25, 0.3) is 0 Å². The van der Waals surface area contributed by atoms with Gasteiger partial charge in [-0.2, -0.15) is 13.2 Å². The van der Waals surface area contributed by atoms with Crippen molar-refractivity contribution in [2.24, 2.45) is 0 Å². The van der Waals surface area contributed by atoms with Crippen LogP contribution in [0.15, 0.2) is 54.9 Å². The first-order valence-electron chi connectivity index (χ1n) is 10.4. The quantitative estimate of drug-likeness (QED) is 0.507.